The molecule has 2 fully saturated rings. The number of halogens is 4. The zero-order valence-corrected chi connectivity index (χ0v) is 18.5. The van der Waals surface area contributed by atoms with Crippen LogP contribution < -0.4 is 0 Å². The minimum Gasteiger partial charge on any atom is -0.389 e. The molecule has 11 heteroatoms. The van der Waals surface area contributed by atoms with Gasteiger partial charge in [-0.3, -0.25) is 0 Å². The number of rotatable bonds is 3. The Labute approximate surface area is 198 Å². The molecule has 35 heavy (non-hydrogen) atoms. The third-order valence-corrected chi connectivity index (χ3v) is 6.46. The maximum atomic E-state index is 13.3. The van der Waals surface area contributed by atoms with Crippen LogP contribution in [0, 0.1) is 5.82 Å². The van der Waals surface area contributed by atoms with Crippen LogP contribution in [0.15, 0.2) is 53.1 Å². The number of benzene rings is 2. The smallest absolute Gasteiger partial charge is 0.389 e. The van der Waals surface area contributed by atoms with Crippen molar-refractivity contribution < 1.29 is 32.0 Å². The molecular weight excluding hydrogens is 468 g/mol. The van der Waals surface area contributed by atoms with Gasteiger partial charge in [-0.1, -0.05) is 17.3 Å². The summed E-state index contributed by atoms with van der Waals surface area (Å²) < 4.78 is 57.8. The minimum absolute atomic E-state index is 0.236. The summed E-state index contributed by atoms with van der Waals surface area (Å²) >= 11 is 0. The first kappa shape index (κ1) is 23.3. The minimum atomic E-state index is -4.44. The predicted molar refractivity (Wildman–Crippen MR) is 116 cm³/mol. The average Bonchev–Trinajstić information content (AvgIpc) is 3.32. The molecule has 1 aromatic heterocycles. The molecule has 0 aliphatic carbocycles. The summed E-state index contributed by atoms with van der Waals surface area (Å²) in [6.45, 7) is 1.07. The van der Waals surface area contributed by atoms with Crippen LogP contribution in [0.2, 0.25) is 0 Å². The Bertz CT molecular complexity index is 1190. The molecule has 3 heterocycles. The summed E-state index contributed by atoms with van der Waals surface area (Å²) in [6.07, 6.45) is -4.50. The van der Waals surface area contributed by atoms with Gasteiger partial charge >= 0.3 is 12.2 Å². The van der Waals surface area contributed by atoms with Crippen molar-refractivity contribution in [3.63, 3.8) is 0 Å². The lowest BCUT2D eigenvalue weighted by molar-refractivity contribution is -0.137. The molecule has 2 saturated heterocycles. The number of carbonyl (C=O) groups is 1. The van der Waals surface area contributed by atoms with Crippen LogP contribution in [-0.4, -0.2) is 63.4 Å². The van der Waals surface area contributed by atoms with Crippen molar-refractivity contribution in [2.24, 2.45) is 0 Å². The number of hydrogen-bond donors (Lipinski definition) is 1. The molecule has 2 aromatic carbocycles. The highest BCUT2D eigenvalue weighted by molar-refractivity contribution is 5.75. The van der Waals surface area contributed by atoms with Crippen LogP contribution in [0.4, 0.5) is 22.4 Å². The largest absolute Gasteiger partial charge is 0.416 e. The van der Waals surface area contributed by atoms with Crippen LogP contribution in [0.1, 0.15) is 35.3 Å². The SMILES string of the molecule is O=C(N1CC(O)C1)N1CC(c2ccc(C(F)(F)F)cc2)CC(c2nc(-c3ccc(F)cc3)no2)C1. The zero-order chi connectivity index (χ0) is 24.7. The standard InChI is InChI=1S/C24H22F4N4O3/c25-19-7-3-15(4-8-19)21-29-22(35-30-21)17-9-16(14-1-5-18(6-2-14)24(26,27)28)10-31(11-17)23(34)32-12-20(33)13-32/h1-8,16-17,20,33H,9-13H2. The van der Waals surface area contributed by atoms with E-state index in [9.17, 15) is 27.5 Å². The summed E-state index contributed by atoms with van der Waals surface area (Å²) in [5.41, 5.74) is 0.498. The number of urea groups is 1. The van der Waals surface area contributed by atoms with Gasteiger partial charge < -0.3 is 19.4 Å². The van der Waals surface area contributed by atoms with E-state index < -0.39 is 23.7 Å². The second kappa shape index (κ2) is 8.95. The van der Waals surface area contributed by atoms with E-state index in [-0.39, 0.29) is 43.3 Å². The van der Waals surface area contributed by atoms with E-state index in [0.717, 1.165) is 12.1 Å². The molecule has 2 amide bonds. The molecule has 2 unspecified atom stereocenters. The van der Waals surface area contributed by atoms with Gasteiger partial charge in [-0.25, -0.2) is 9.18 Å². The van der Waals surface area contributed by atoms with E-state index >= 15 is 0 Å². The Kier molecular flexibility index (Phi) is 5.96. The van der Waals surface area contributed by atoms with Gasteiger partial charge in [0.05, 0.1) is 30.7 Å². The number of alkyl halides is 3. The van der Waals surface area contributed by atoms with E-state index in [0.29, 0.717) is 30.0 Å². The Hall–Kier alpha value is -3.47. The van der Waals surface area contributed by atoms with Crippen LogP contribution in [0.3, 0.4) is 0 Å². The molecule has 0 bridgehead atoms. The summed E-state index contributed by atoms with van der Waals surface area (Å²) in [6, 6.07) is 10.3. The van der Waals surface area contributed by atoms with Gasteiger partial charge in [0, 0.05) is 24.6 Å². The maximum Gasteiger partial charge on any atom is 0.416 e. The number of piperidine rings is 1. The fraction of sp³-hybridized carbons (Fsp3) is 0.375. The molecular formula is C24H22F4N4O3. The van der Waals surface area contributed by atoms with Crippen molar-refractivity contribution in [2.45, 2.75) is 30.5 Å². The number of aliphatic hydroxyl groups is 1. The van der Waals surface area contributed by atoms with Crippen molar-refractivity contribution in [1.82, 2.24) is 19.9 Å². The molecule has 2 atom stereocenters. The second-order valence-electron chi connectivity index (χ2n) is 8.96. The first-order valence-corrected chi connectivity index (χ1v) is 11.2. The Morgan fingerprint density at radius 1 is 0.943 bits per heavy atom. The third kappa shape index (κ3) is 4.86. The zero-order valence-electron chi connectivity index (χ0n) is 18.5. The highest BCUT2D eigenvalue weighted by atomic mass is 19.4. The molecule has 0 saturated carbocycles. The highest BCUT2D eigenvalue weighted by Gasteiger charge is 2.39. The topological polar surface area (TPSA) is 82.7 Å². The van der Waals surface area contributed by atoms with Gasteiger partial charge in [0.2, 0.25) is 11.7 Å². The molecule has 0 spiro atoms. The summed E-state index contributed by atoms with van der Waals surface area (Å²) in [7, 11) is 0. The first-order chi connectivity index (χ1) is 16.7. The Morgan fingerprint density at radius 3 is 2.20 bits per heavy atom. The van der Waals surface area contributed by atoms with Crippen LogP contribution >= 0.6 is 0 Å². The second-order valence-corrected chi connectivity index (χ2v) is 8.96. The van der Waals surface area contributed by atoms with Gasteiger partial charge in [-0.05, 0) is 48.4 Å². The quantitative estimate of drug-likeness (QED) is 0.555. The van der Waals surface area contributed by atoms with Crippen molar-refractivity contribution in [3.05, 3.63) is 71.4 Å². The fourth-order valence-electron chi connectivity index (χ4n) is 4.55. The van der Waals surface area contributed by atoms with Gasteiger partial charge in [-0.2, -0.15) is 18.2 Å². The van der Waals surface area contributed by atoms with Gasteiger partial charge in [0.15, 0.2) is 0 Å². The molecule has 1 N–H and O–H groups in total. The molecule has 5 rings (SSSR count). The van der Waals surface area contributed by atoms with E-state index in [1.807, 2.05) is 0 Å². The number of likely N-dealkylation sites (tertiary alicyclic amines) is 2. The van der Waals surface area contributed by atoms with Crippen molar-refractivity contribution in [2.75, 3.05) is 26.2 Å². The molecule has 3 aromatic rings. The van der Waals surface area contributed by atoms with Gasteiger partial charge in [0.1, 0.15) is 5.82 Å². The number of β-amino-alcohol motifs (C(OH)–C–C–N with tert-alkyl or cyclic N) is 1. The number of nitrogens with zero attached hydrogens (tertiary/aromatic N) is 4. The highest BCUT2D eigenvalue weighted by Crippen LogP contribution is 2.38. The maximum absolute atomic E-state index is 13.3. The molecule has 184 valence electrons. The molecule has 2 aliphatic heterocycles. The monoisotopic (exact) mass is 490 g/mol. The van der Waals surface area contributed by atoms with Crippen LogP contribution in [0.25, 0.3) is 11.4 Å². The lowest BCUT2D eigenvalue weighted by atomic mass is 9.84. The molecule has 2 aliphatic rings. The van der Waals surface area contributed by atoms with Gasteiger partial charge in [-0.15, -0.1) is 0 Å². The molecule has 7 nitrogen and oxygen atoms in total. The van der Waals surface area contributed by atoms with E-state index in [4.69, 9.17) is 4.52 Å². The number of aliphatic hydroxyl groups excluding tert-OH is 1. The first-order valence-electron chi connectivity index (χ1n) is 11.2. The normalized spacial score (nSPS) is 21.2. The Balaban J connectivity index is 1.40. The lowest BCUT2D eigenvalue weighted by Crippen LogP contribution is -2.59. The number of carbonyl (C=O) groups excluding carboxylic acids is 1. The summed E-state index contributed by atoms with van der Waals surface area (Å²) in [4.78, 5) is 20.6. The van der Waals surface area contributed by atoms with Crippen molar-refractivity contribution in [3.8, 4) is 11.4 Å². The van der Waals surface area contributed by atoms with Crippen molar-refractivity contribution >= 4 is 6.03 Å². The number of aromatic nitrogens is 2. The lowest BCUT2D eigenvalue weighted by Gasteiger charge is -2.43. The summed E-state index contributed by atoms with van der Waals surface area (Å²) in [5, 5.41) is 13.6. The predicted octanol–water partition coefficient (Wildman–Crippen LogP) is 4.26. The van der Waals surface area contributed by atoms with Crippen molar-refractivity contribution in [1.29, 1.82) is 0 Å². The van der Waals surface area contributed by atoms with E-state index in [1.54, 1.807) is 4.90 Å². The Morgan fingerprint density at radius 2 is 1.57 bits per heavy atom. The summed E-state index contributed by atoms with van der Waals surface area (Å²) in [5.74, 6) is -0.433. The average molecular weight is 490 g/mol. The third-order valence-electron chi connectivity index (χ3n) is 6.46. The van der Waals surface area contributed by atoms with E-state index in [2.05, 4.69) is 10.1 Å². The fourth-order valence-corrected chi connectivity index (χ4v) is 4.55. The van der Waals surface area contributed by atoms with Gasteiger partial charge in [0.25, 0.3) is 0 Å². The number of hydrogen-bond acceptors (Lipinski definition) is 5. The number of amides is 2. The van der Waals surface area contributed by atoms with E-state index in [1.165, 1.54) is 41.3 Å². The van der Waals surface area contributed by atoms with Crippen LogP contribution in [0.5, 0.6) is 0 Å². The molecule has 0 radical (unpaired) electrons. The van der Waals surface area contributed by atoms with Crippen LogP contribution in [-0.2, 0) is 6.18 Å².